The van der Waals surface area contributed by atoms with Gasteiger partial charge in [0, 0.05) is 36.1 Å². The summed E-state index contributed by atoms with van der Waals surface area (Å²) in [5, 5.41) is 9.66. The number of urea groups is 1. The van der Waals surface area contributed by atoms with Crippen LogP contribution in [0.2, 0.25) is 0 Å². The van der Waals surface area contributed by atoms with Crippen LogP contribution in [0, 0.1) is 5.82 Å². The highest BCUT2D eigenvalue weighted by atomic mass is 19.1. The normalized spacial score (nSPS) is 10.9. The number of benzene rings is 1. The van der Waals surface area contributed by atoms with Crippen LogP contribution >= 0.6 is 0 Å². The lowest BCUT2D eigenvalue weighted by molar-refractivity contribution is 0.252. The number of rotatable bonds is 6. The van der Waals surface area contributed by atoms with Crippen LogP contribution in [0.4, 0.5) is 15.0 Å². The van der Waals surface area contributed by atoms with Crippen molar-refractivity contribution < 1.29 is 13.9 Å². The lowest BCUT2D eigenvalue weighted by atomic mass is 10.2. The summed E-state index contributed by atoms with van der Waals surface area (Å²) in [6.07, 6.45) is 6.77. The van der Waals surface area contributed by atoms with Gasteiger partial charge in [0.1, 0.15) is 17.8 Å². The molecule has 0 radical (unpaired) electrons. The number of methoxy groups -OCH3 is 1. The van der Waals surface area contributed by atoms with E-state index < -0.39 is 5.82 Å². The standard InChI is InChI=1S/C24H21FN8O2/c1-3-26-24(34)31-21-8-4-15(11-27-21)19-12-28-22-9-5-16(13-32(19)22)23-29-14-30-33(23)17-6-7-18(25)20(10-17)35-2/h4-14H,3H2,1-2H3,(H2,26,27,31,34). The zero-order valence-corrected chi connectivity index (χ0v) is 18.9. The highest BCUT2D eigenvalue weighted by molar-refractivity contribution is 5.88. The summed E-state index contributed by atoms with van der Waals surface area (Å²) in [4.78, 5) is 24.9. The molecule has 0 saturated heterocycles. The number of imidazole rings is 1. The first-order valence-corrected chi connectivity index (χ1v) is 10.8. The maximum Gasteiger partial charge on any atom is 0.320 e. The topological polar surface area (TPSA) is 111 Å². The van der Waals surface area contributed by atoms with Gasteiger partial charge in [0.2, 0.25) is 0 Å². The van der Waals surface area contributed by atoms with E-state index in [1.165, 1.54) is 19.5 Å². The highest BCUT2D eigenvalue weighted by Crippen LogP contribution is 2.27. The number of nitrogens with one attached hydrogen (secondary N) is 2. The highest BCUT2D eigenvalue weighted by Gasteiger charge is 2.14. The van der Waals surface area contributed by atoms with Gasteiger partial charge in [-0.15, -0.1) is 0 Å². The molecule has 10 nitrogen and oxygen atoms in total. The number of hydrogen-bond donors (Lipinski definition) is 2. The van der Waals surface area contributed by atoms with Gasteiger partial charge >= 0.3 is 6.03 Å². The molecule has 2 amide bonds. The Morgan fingerprint density at radius 3 is 2.69 bits per heavy atom. The van der Waals surface area contributed by atoms with E-state index >= 15 is 0 Å². The predicted molar refractivity (Wildman–Crippen MR) is 128 cm³/mol. The van der Waals surface area contributed by atoms with E-state index in [4.69, 9.17) is 4.74 Å². The summed E-state index contributed by atoms with van der Waals surface area (Å²) < 4.78 is 22.5. The van der Waals surface area contributed by atoms with Crippen LogP contribution in [0.3, 0.4) is 0 Å². The number of hydrogen-bond acceptors (Lipinski definition) is 6. The Morgan fingerprint density at radius 1 is 1.06 bits per heavy atom. The number of carbonyl (C=O) groups is 1. The van der Waals surface area contributed by atoms with E-state index in [0.29, 0.717) is 23.9 Å². The SMILES string of the molecule is CCNC(=O)Nc1ccc(-c2cnc3ccc(-c4ncnn4-c4ccc(F)c(OC)c4)cn23)cn1. The first-order valence-electron chi connectivity index (χ1n) is 10.8. The number of aromatic nitrogens is 6. The van der Waals surface area contributed by atoms with E-state index in [1.807, 2.05) is 35.7 Å². The Bertz CT molecular complexity index is 1510. The average molecular weight is 472 g/mol. The smallest absolute Gasteiger partial charge is 0.320 e. The molecule has 0 spiro atoms. The van der Waals surface area contributed by atoms with Crippen molar-refractivity contribution in [3.63, 3.8) is 0 Å². The average Bonchev–Trinajstić information content (AvgIpc) is 3.52. The molecule has 11 heteroatoms. The van der Waals surface area contributed by atoms with E-state index in [0.717, 1.165) is 22.5 Å². The Morgan fingerprint density at radius 2 is 1.91 bits per heavy atom. The van der Waals surface area contributed by atoms with Crippen molar-refractivity contribution in [3.05, 3.63) is 73.2 Å². The summed E-state index contributed by atoms with van der Waals surface area (Å²) in [5.74, 6) is 0.675. The molecule has 2 N–H and O–H groups in total. The molecule has 0 fully saturated rings. The number of anilines is 1. The van der Waals surface area contributed by atoms with Crippen LogP contribution in [0.15, 0.2) is 67.4 Å². The minimum Gasteiger partial charge on any atom is -0.494 e. The minimum atomic E-state index is -0.455. The lowest BCUT2D eigenvalue weighted by Gasteiger charge is -2.10. The predicted octanol–water partition coefficient (Wildman–Crippen LogP) is 3.93. The molecule has 5 rings (SSSR count). The third-order valence-electron chi connectivity index (χ3n) is 5.33. The fourth-order valence-electron chi connectivity index (χ4n) is 3.67. The number of ether oxygens (including phenoxy) is 1. The number of pyridine rings is 2. The molecule has 1 aromatic carbocycles. The van der Waals surface area contributed by atoms with E-state index in [9.17, 15) is 9.18 Å². The van der Waals surface area contributed by atoms with Crippen LogP contribution < -0.4 is 15.4 Å². The maximum absolute atomic E-state index is 13.9. The third kappa shape index (κ3) is 4.26. The van der Waals surface area contributed by atoms with Crippen molar-refractivity contribution in [1.29, 1.82) is 0 Å². The molecule has 4 aromatic heterocycles. The second-order valence-corrected chi connectivity index (χ2v) is 7.52. The molecule has 0 unspecified atom stereocenters. The van der Waals surface area contributed by atoms with Gasteiger partial charge in [-0.1, -0.05) is 0 Å². The van der Waals surface area contributed by atoms with Crippen LogP contribution in [-0.2, 0) is 0 Å². The zero-order valence-electron chi connectivity index (χ0n) is 18.9. The summed E-state index contributed by atoms with van der Waals surface area (Å²) >= 11 is 0. The van der Waals surface area contributed by atoms with E-state index in [1.54, 1.807) is 35.3 Å². The number of nitrogens with zero attached hydrogens (tertiary/aromatic N) is 6. The fourth-order valence-corrected chi connectivity index (χ4v) is 3.67. The van der Waals surface area contributed by atoms with Gasteiger partial charge < -0.3 is 10.1 Å². The van der Waals surface area contributed by atoms with Crippen molar-refractivity contribution in [2.24, 2.45) is 0 Å². The summed E-state index contributed by atoms with van der Waals surface area (Å²) in [6.45, 7) is 2.37. The molecular formula is C24H21FN8O2. The van der Waals surface area contributed by atoms with Gasteiger partial charge in [-0.3, -0.25) is 9.72 Å². The Kier molecular flexibility index (Phi) is 5.80. The largest absolute Gasteiger partial charge is 0.494 e. The van der Waals surface area contributed by atoms with Gasteiger partial charge in [-0.05, 0) is 43.3 Å². The Hall–Kier alpha value is -4.80. The molecule has 0 bridgehead atoms. The first-order chi connectivity index (χ1) is 17.1. The van der Waals surface area contributed by atoms with Gasteiger partial charge in [-0.25, -0.2) is 28.8 Å². The van der Waals surface area contributed by atoms with Crippen molar-refractivity contribution in [2.75, 3.05) is 19.0 Å². The van der Waals surface area contributed by atoms with Crippen LogP contribution in [0.5, 0.6) is 5.75 Å². The molecule has 176 valence electrons. The second-order valence-electron chi connectivity index (χ2n) is 7.52. The number of halogens is 1. The molecule has 0 aliphatic heterocycles. The molecule has 0 saturated carbocycles. The Labute approximate surface area is 199 Å². The summed E-state index contributed by atoms with van der Waals surface area (Å²) in [6, 6.07) is 11.6. The first kappa shape index (κ1) is 22.0. The van der Waals surface area contributed by atoms with Gasteiger partial charge in [0.05, 0.1) is 24.7 Å². The molecular weight excluding hydrogens is 451 g/mol. The van der Waals surface area contributed by atoms with Crippen molar-refractivity contribution in [1.82, 2.24) is 34.4 Å². The van der Waals surface area contributed by atoms with Crippen molar-refractivity contribution >= 4 is 17.5 Å². The molecule has 0 aliphatic rings. The van der Waals surface area contributed by atoms with Gasteiger partial charge in [0.15, 0.2) is 17.4 Å². The second kappa shape index (κ2) is 9.21. The summed E-state index contributed by atoms with van der Waals surface area (Å²) in [5.41, 5.74) is 3.76. The quantitative estimate of drug-likeness (QED) is 0.387. The fraction of sp³-hybridized carbons (Fsp3) is 0.125. The van der Waals surface area contributed by atoms with Crippen LogP contribution in [0.25, 0.3) is 34.0 Å². The molecule has 0 aliphatic carbocycles. The maximum atomic E-state index is 13.9. The van der Waals surface area contributed by atoms with Crippen LogP contribution in [-0.4, -0.2) is 48.8 Å². The molecule has 5 aromatic rings. The lowest BCUT2D eigenvalue weighted by Crippen LogP contribution is -2.28. The third-order valence-corrected chi connectivity index (χ3v) is 5.33. The monoisotopic (exact) mass is 472 g/mol. The number of amides is 2. The zero-order chi connectivity index (χ0) is 24.4. The van der Waals surface area contributed by atoms with Crippen molar-refractivity contribution in [3.8, 4) is 34.1 Å². The number of carbonyl (C=O) groups excluding carboxylic acids is 1. The molecule has 0 atom stereocenters. The summed E-state index contributed by atoms with van der Waals surface area (Å²) in [7, 11) is 1.41. The van der Waals surface area contributed by atoms with Crippen molar-refractivity contribution in [2.45, 2.75) is 6.92 Å². The Balaban J connectivity index is 1.50. The minimum absolute atomic E-state index is 0.119. The molecule has 4 heterocycles. The number of fused-ring (bicyclic) bond motifs is 1. The molecule has 35 heavy (non-hydrogen) atoms. The van der Waals surface area contributed by atoms with E-state index in [-0.39, 0.29) is 11.8 Å². The van der Waals surface area contributed by atoms with E-state index in [2.05, 4.69) is 30.7 Å². The van der Waals surface area contributed by atoms with Crippen LogP contribution in [0.1, 0.15) is 6.92 Å². The van der Waals surface area contributed by atoms with Gasteiger partial charge in [-0.2, -0.15) is 5.10 Å². The van der Waals surface area contributed by atoms with Gasteiger partial charge in [0.25, 0.3) is 0 Å².